The van der Waals surface area contributed by atoms with Crippen molar-refractivity contribution in [3.8, 4) is 11.3 Å². The van der Waals surface area contributed by atoms with E-state index in [1.54, 1.807) is 6.33 Å². The lowest BCUT2D eigenvalue weighted by atomic mass is 9.96. The highest BCUT2D eigenvalue weighted by molar-refractivity contribution is 5.71. The van der Waals surface area contributed by atoms with Crippen LogP contribution < -0.4 is 5.73 Å². The number of aryl methyl sites for hydroxylation is 2. The Balaban J connectivity index is 2.52. The molecule has 114 valence electrons. The van der Waals surface area contributed by atoms with Gasteiger partial charge >= 0.3 is 0 Å². The molecule has 0 saturated heterocycles. The van der Waals surface area contributed by atoms with E-state index in [1.165, 1.54) is 17.3 Å². The van der Waals surface area contributed by atoms with Crippen LogP contribution in [-0.2, 0) is 0 Å². The van der Waals surface area contributed by atoms with Crippen LogP contribution >= 0.6 is 0 Å². The molecule has 1 aromatic heterocycles. The second kappa shape index (κ2) is 7.03. The van der Waals surface area contributed by atoms with Crippen molar-refractivity contribution in [2.45, 2.75) is 27.7 Å². The van der Waals surface area contributed by atoms with Gasteiger partial charge in [-0.25, -0.2) is 9.97 Å². The second-order valence-corrected chi connectivity index (χ2v) is 5.77. The molecule has 0 aliphatic carbocycles. The predicted octanol–water partition coefficient (Wildman–Crippen LogP) is 4.27. The standard InChI is InChI=1S/C19H23N3/c1-13(2)16(6-5-9-20)18-11-19(22-12-21-18)17-10-14(3)7-8-15(17)4/h5-13H,20H2,1-4H3/b9-5-,16-6+. The van der Waals surface area contributed by atoms with Gasteiger partial charge in [-0.1, -0.05) is 37.6 Å². The first-order chi connectivity index (χ1) is 10.5. The number of aromatic nitrogens is 2. The van der Waals surface area contributed by atoms with Crippen molar-refractivity contribution in [1.29, 1.82) is 0 Å². The van der Waals surface area contributed by atoms with E-state index >= 15 is 0 Å². The fourth-order valence-electron chi connectivity index (χ4n) is 2.41. The zero-order valence-electron chi connectivity index (χ0n) is 13.7. The van der Waals surface area contributed by atoms with Crippen LogP contribution in [0.2, 0.25) is 0 Å². The molecule has 0 aliphatic rings. The van der Waals surface area contributed by atoms with Crippen LogP contribution in [0.25, 0.3) is 16.8 Å². The van der Waals surface area contributed by atoms with E-state index in [2.05, 4.69) is 61.9 Å². The number of hydrogen-bond acceptors (Lipinski definition) is 3. The van der Waals surface area contributed by atoms with Crippen LogP contribution in [0.5, 0.6) is 0 Å². The molecule has 0 saturated carbocycles. The molecule has 0 amide bonds. The number of nitrogens with zero attached hydrogens (tertiary/aromatic N) is 2. The fourth-order valence-corrected chi connectivity index (χ4v) is 2.41. The van der Waals surface area contributed by atoms with Crippen LogP contribution in [0.4, 0.5) is 0 Å². The van der Waals surface area contributed by atoms with Crippen molar-refractivity contribution >= 4 is 5.57 Å². The smallest absolute Gasteiger partial charge is 0.116 e. The first-order valence-electron chi connectivity index (χ1n) is 7.51. The van der Waals surface area contributed by atoms with Crippen molar-refractivity contribution in [1.82, 2.24) is 9.97 Å². The fraction of sp³-hybridized carbons (Fsp3) is 0.263. The second-order valence-electron chi connectivity index (χ2n) is 5.77. The van der Waals surface area contributed by atoms with E-state index in [0.29, 0.717) is 5.92 Å². The Kier molecular flexibility index (Phi) is 5.10. The molecule has 0 atom stereocenters. The summed E-state index contributed by atoms with van der Waals surface area (Å²) in [6.07, 6.45) is 7.03. The van der Waals surface area contributed by atoms with Crippen molar-refractivity contribution < 1.29 is 0 Å². The molecule has 0 aliphatic heterocycles. The summed E-state index contributed by atoms with van der Waals surface area (Å²) in [7, 11) is 0. The maximum Gasteiger partial charge on any atom is 0.116 e. The van der Waals surface area contributed by atoms with Gasteiger partial charge in [-0.2, -0.15) is 0 Å². The lowest BCUT2D eigenvalue weighted by molar-refractivity contribution is 0.847. The Morgan fingerprint density at radius 3 is 2.59 bits per heavy atom. The Morgan fingerprint density at radius 1 is 1.14 bits per heavy atom. The number of benzene rings is 1. The number of hydrogen-bond donors (Lipinski definition) is 1. The average Bonchev–Trinajstić information content (AvgIpc) is 2.50. The quantitative estimate of drug-likeness (QED) is 0.856. The molecule has 0 radical (unpaired) electrons. The van der Waals surface area contributed by atoms with Gasteiger partial charge in [-0.05, 0) is 55.3 Å². The third kappa shape index (κ3) is 3.61. The van der Waals surface area contributed by atoms with Crippen LogP contribution in [-0.4, -0.2) is 9.97 Å². The molecule has 3 nitrogen and oxygen atoms in total. The van der Waals surface area contributed by atoms with Gasteiger partial charge in [0.25, 0.3) is 0 Å². The molecule has 1 aromatic carbocycles. The zero-order chi connectivity index (χ0) is 16.1. The zero-order valence-corrected chi connectivity index (χ0v) is 13.7. The molecule has 3 heteroatoms. The first-order valence-corrected chi connectivity index (χ1v) is 7.51. The summed E-state index contributed by atoms with van der Waals surface area (Å²) in [5.41, 5.74) is 12.1. The number of rotatable bonds is 4. The van der Waals surface area contributed by atoms with E-state index in [4.69, 9.17) is 5.73 Å². The van der Waals surface area contributed by atoms with Gasteiger partial charge in [0, 0.05) is 5.56 Å². The van der Waals surface area contributed by atoms with Gasteiger partial charge in [0.15, 0.2) is 0 Å². The third-order valence-corrected chi connectivity index (χ3v) is 3.64. The topological polar surface area (TPSA) is 51.8 Å². The Bertz CT molecular complexity index is 712. The van der Waals surface area contributed by atoms with E-state index in [-0.39, 0.29) is 0 Å². The lowest BCUT2D eigenvalue weighted by Gasteiger charge is -2.12. The van der Waals surface area contributed by atoms with Crippen LogP contribution in [0.15, 0.2) is 48.9 Å². The van der Waals surface area contributed by atoms with Gasteiger partial charge in [0.1, 0.15) is 6.33 Å². The number of allylic oxidation sites excluding steroid dienone is 3. The minimum absolute atomic E-state index is 0.359. The predicted molar refractivity (Wildman–Crippen MR) is 93.1 cm³/mol. The molecular formula is C19H23N3. The lowest BCUT2D eigenvalue weighted by Crippen LogP contribution is -1.99. The highest BCUT2D eigenvalue weighted by Gasteiger charge is 2.11. The summed E-state index contributed by atoms with van der Waals surface area (Å²) in [5, 5.41) is 0. The summed E-state index contributed by atoms with van der Waals surface area (Å²) in [6, 6.07) is 8.47. The molecule has 0 unspecified atom stereocenters. The maximum atomic E-state index is 5.45. The van der Waals surface area contributed by atoms with E-state index < -0.39 is 0 Å². The molecule has 2 rings (SSSR count). The Hall–Kier alpha value is -2.42. The molecule has 1 heterocycles. The molecule has 2 N–H and O–H groups in total. The molecule has 22 heavy (non-hydrogen) atoms. The van der Waals surface area contributed by atoms with E-state index in [1.807, 2.05) is 12.2 Å². The van der Waals surface area contributed by atoms with Crippen LogP contribution in [0, 0.1) is 19.8 Å². The number of nitrogens with two attached hydrogens (primary N) is 1. The minimum Gasteiger partial charge on any atom is -0.405 e. The molecule has 0 spiro atoms. The van der Waals surface area contributed by atoms with E-state index in [0.717, 1.165) is 22.5 Å². The summed E-state index contributed by atoms with van der Waals surface area (Å²) in [5.74, 6) is 0.359. The van der Waals surface area contributed by atoms with Crippen LogP contribution in [0.1, 0.15) is 30.7 Å². The van der Waals surface area contributed by atoms with Gasteiger partial charge in [0.05, 0.1) is 11.4 Å². The summed E-state index contributed by atoms with van der Waals surface area (Å²) < 4.78 is 0. The van der Waals surface area contributed by atoms with Crippen LogP contribution in [0.3, 0.4) is 0 Å². The van der Waals surface area contributed by atoms with Gasteiger partial charge in [-0.15, -0.1) is 0 Å². The highest BCUT2D eigenvalue weighted by Crippen LogP contribution is 2.27. The van der Waals surface area contributed by atoms with Crippen molar-refractivity contribution in [3.63, 3.8) is 0 Å². The summed E-state index contributed by atoms with van der Waals surface area (Å²) >= 11 is 0. The summed E-state index contributed by atoms with van der Waals surface area (Å²) in [6.45, 7) is 8.50. The molecule has 0 fully saturated rings. The minimum atomic E-state index is 0.359. The van der Waals surface area contributed by atoms with E-state index in [9.17, 15) is 0 Å². The Labute approximate surface area is 132 Å². The molecule has 0 bridgehead atoms. The molecule has 2 aromatic rings. The maximum absolute atomic E-state index is 5.45. The van der Waals surface area contributed by atoms with Gasteiger partial charge in [-0.3, -0.25) is 0 Å². The average molecular weight is 293 g/mol. The molecular weight excluding hydrogens is 270 g/mol. The van der Waals surface area contributed by atoms with Gasteiger partial charge in [0.2, 0.25) is 0 Å². The monoisotopic (exact) mass is 293 g/mol. The Morgan fingerprint density at radius 2 is 1.91 bits per heavy atom. The third-order valence-electron chi connectivity index (χ3n) is 3.64. The normalized spacial score (nSPS) is 12.3. The summed E-state index contributed by atoms with van der Waals surface area (Å²) in [4.78, 5) is 8.89. The highest BCUT2D eigenvalue weighted by atomic mass is 14.8. The van der Waals surface area contributed by atoms with Gasteiger partial charge < -0.3 is 5.73 Å². The largest absolute Gasteiger partial charge is 0.405 e. The van der Waals surface area contributed by atoms with Crippen molar-refractivity contribution in [2.75, 3.05) is 0 Å². The van der Waals surface area contributed by atoms with Crippen molar-refractivity contribution in [2.24, 2.45) is 11.7 Å². The SMILES string of the molecule is Cc1ccc(C)c(-c2cc(/C(=C/C=C\N)C(C)C)ncn2)c1. The van der Waals surface area contributed by atoms with Crippen molar-refractivity contribution in [3.05, 3.63) is 65.8 Å². The first kappa shape index (κ1) is 16.0.